The smallest absolute Gasteiger partial charge is 0.449 e. The van der Waals surface area contributed by atoms with Gasteiger partial charge in [-0.2, -0.15) is 13.2 Å². The minimum atomic E-state index is -4.98. The molecule has 0 bridgehead atoms. The molecular formula is C25H18Cl2F3N3O5. The number of aromatic nitrogens is 3. The standard InChI is InChI=1S/C25H18Cl2F3N3O5/c26-17-8-5-14(6-9-17)22-31-33(23(35)32(22)13-21(34)25(28,29)30)12-16-11-15(7-10-20(16)38-24(36)37)18-3-1-2-4-19(18)27/h1-11,21,34H,12-13H2,(H,36,37). The van der Waals surface area contributed by atoms with E-state index in [1.54, 1.807) is 30.3 Å². The van der Waals surface area contributed by atoms with E-state index in [0.717, 1.165) is 4.68 Å². The Morgan fingerprint density at radius 1 is 1.03 bits per heavy atom. The summed E-state index contributed by atoms with van der Waals surface area (Å²) < 4.78 is 45.8. The van der Waals surface area contributed by atoms with Gasteiger partial charge in [0.25, 0.3) is 0 Å². The van der Waals surface area contributed by atoms with Crippen molar-refractivity contribution in [3.63, 3.8) is 0 Å². The lowest BCUT2D eigenvalue weighted by Crippen LogP contribution is -2.37. The minimum Gasteiger partial charge on any atom is -0.449 e. The molecule has 0 spiro atoms. The molecule has 4 aromatic rings. The zero-order valence-electron chi connectivity index (χ0n) is 19.2. The molecule has 1 heterocycles. The van der Waals surface area contributed by atoms with Crippen LogP contribution in [0.4, 0.5) is 18.0 Å². The fourth-order valence-corrected chi connectivity index (χ4v) is 4.09. The van der Waals surface area contributed by atoms with Gasteiger partial charge in [0.2, 0.25) is 0 Å². The molecular weight excluding hydrogens is 550 g/mol. The Labute approximate surface area is 223 Å². The predicted molar refractivity (Wildman–Crippen MR) is 134 cm³/mol. The van der Waals surface area contributed by atoms with Crippen LogP contribution in [-0.2, 0) is 13.1 Å². The molecule has 13 heteroatoms. The van der Waals surface area contributed by atoms with Gasteiger partial charge in [0, 0.05) is 26.7 Å². The quantitative estimate of drug-likeness (QED) is 0.219. The van der Waals surface area contributed by atoms with Gasteiger partial charge < -0.3 is 14.9 Å². The number of rotatable bonds is 7. The average molecular weight is 568 g/mol. The van der Waals surface area contributed by atoms with Crippen LogP contribution in [0.5, 0.6) is 5.75 Å². The summed E-state index contributed by atoms with van der Waals surface area (Å²) in [6.07, 6.45) is -9.42. The minimum absolute atomic E-state index is 0.113. The molecule has 0 aliphatic rings. The molecule has 38 heavy (non-hydrogen) atoms. The van der Waals surface area contributed by atoms with E-state index in [2.05, 4.69) is 5.10 Å². The number of aliphatic hydroxyl groups is 1. The summed E-state index contributed by atoms with van der Waals surface area (Å²) in [4.78, 5) is 24.5. The van der Waals surface area contributed by atoms with Gasteiger partial charge in [-0.25, -0.2) is 14.3 Å². The Bertz CT molecular complexity index is 1530. The normalized spacial score (nSPS) is 12.4. The van der Waals surface area contributed by atoms with Gasteiger partial charge in [-0.1, -0.05) is 47.5 Å². The van der Waals surface area contributed by atoms with E-state index < -0.39 is 30.7 Å². The number of carboxylic acid groups (broad SMARTS) is 1. The van der Waals surface area contributed by atoms with Crippen LogP contribution in [0.1, 0.15) is 5.56 Å². The van der Waals surface area contributed by atoms with Crippen LogP contribution in [-0.4, -0.2) is 43.0 Å². The summed E-state index contributed by atoms with van der Waals surface area (Å²) in [5.74, 6) is -0.268. The molecule has 0 aliphatic carbocycles. The molecule has 0 saturated carbocycles. The molecule has 198 valence electrons. The first-order valence-electron chi connectivity index (χ1n) is 10.9. The topological polar surface area (TPSA) is 107 Å². The van der Waals surface area contributed by atoms with Crippen molar-refractivity contribution >= 4 is 29.4 Å². The number of nitrogens with zero attached hydrogens (tertiary/aromatic N) is 3. The van der Waals surface area contributed by atoms with Gasteiger partial charge >= 0.3 is 18.0 Å². The number of hydrogen-bond acceptors (Lipinski definition) is 5. The number of benzene rings is 3. The Hall–Kier alpha value is -3.80. The van der Waals surface area contributed by atoms with Crippen molar-refractivity contribution in [2.24, 2.45) is 0 Å². The van der Waals surface area contributed by atoms with Gasteiger partial charge in [-0.05, 0) is 48.0 Å². The maximum Gasteiger partial charge on any atom is 0.511 e. The lowest BCUT2D eigenvalue weighted by Gasteiger charge is -2.15. The summed E-state index contributed by atoms with van der Waals surface area (Å²) in [6, 6.07) is 17.2. The number of hydrogen-bond donors (Lipinski definition) is 2. The maximum atomic E-state index is 13.2. The van der Waals surface area contributed by atoms with E-state index in [-0.39, 0.29) is 29.2 Å². The summed E-state index contributed by atoms with van der Waals surface area (Å²) in [5, 5.41) is 23.8. The van der Waals surface area contributed by atoms with Crippen LogP contribution in [0.3, 0.4) is 0 Å². The SMILES string of the molecule is O=C(O)Oc1ccc(-c2ccccc2Cl)cc1Cn1nc(-c2ccc(Cl)cc2)n(CC(O)C(F)(F)F)c1=O. The molecule has 8 nitrogen and oxygen atoms in total. The van der Waals surface area contributed by atoms with Crippen LogP contribution in [0.2, 0.25) is 10.0 Å². The number of aliphatic hydroxyl groups excluding tert-OH is 1. The summed E-state index contributed by atoms with van der Waals surface area (Å²) in [7, 11) is 0. The first-order chi connectivity index (χ1) is 17.9. The van der Waals surface area contributed by atoms with Gasteiger partial charge in [0.1, 0.15) is 5.75 Å². The van der Waals surface area contributed by atoms with Crippen LogP contribution >= 0.6 is 23.2 Å². The van der Waals surface area contributed by atoms with Gasteiger partial charge in [-0.3, -0.25) is 4.57 Å². The van der Waals surface area contributed by atoms with E-state index in [0.29, 0.717) is 25.7 Å². The highest BCUT2D eigenvalue weighted by Gasteiger charge is 2.39. The zero-order valence-corrected chi connectivity index (χ0v) is 20.7. The molecule has 3 aromatic carbocycles. The Balaban J connectivity index is 1.83. The molecule has 0 radical (unpaired) electrons. The third-order valence-corrected chi connectivity index (χ3v) is 6.10. The highest BCUT2D eigenvalue weighted by atomic mass is 35.5. The van der Waals surface area contributed by atoms with Crippen LogP contribution in [0.15, 0.2) is 71.5 Å². The van der Waals surface area contributed by atoms with Crippen LogP contribution in [0.25, 0.3) is 22.5 Å². The maximum absolute atomic E-state index is 13.2. The molecule has 0 aliphatic heterocycles. The highest BCUT2D eigenvalue weighted by molar-refractivity contribution is 6.33. The Kier molecular flexibility index (Phi) is 7.81. The second-order valence-electron chi connectivity index (χ2n) is 8.11. The molecule has 2 N–H and O–H groups in total. The molecule has 0 fully saturated rings. The molecule has 0 amide bonds. The second-order valence-corrected chi connectivity index (χ2v) is 8.95. The Morgan fingerprint density at radius 3 is 2.32 bits per heavy atom. The predicted octanol–water partition coefficient (Wildman–Crippen LogP) is 5.71. The number of carbonyl (C=O) groups is 1. The molecule has 1 unspecified atom stereocenters. The first kappa shape index (κ1) is 27.2. The monoisotopic (exact) mass is 567 g/mol. The molecule has 1 aromatic heterocycles. The van der Waals surface area contributed by atoms with Crippen molar-refractivity contribution in [3.05, 3.63) is 92.8 Å². The number of halogens is 5. The second kappa shape index (κ2) is 10.9. The number of ether oxygens (including phenoxy) is 1. The lowest BCUT2D eigenvalue weighted by molar-refractivity contribution is -0.207. The van der Waals surface area contributed by atoms with E-state index in [1.165, 1.54) is 36.4 Å². The van der Waals surface area contributed by atoms with E-state index in [1.807, 2.05) is 0 Å². The third-order valence-electron chi connectivity index (χ3n) is 5.52. The van der Waals surface area contributed by atoms with E-state index >= 15 is 0 Å². The fourth-order valence-electron chi connectivity index (χ4n) is 3.72. The third kappa shape index (κ3) is 6.01. The summed E-state index contributed by atoms with van der Waals surface area (Å²) >= 11 is 12.2. The highest BCUT2D eigenvalue weighted by Crippen LogP contribution is 2.32. The molecule has 4 rings (SSSR count). The van der Waals surface area contributed by atoms with Crippen LogP contribution in [0, 0.1) is 0 Å². The number of alkyl halides is 3. The summed E-state index contributed by atoms with van der Waals surface area (Å²) in [6.45, 7) is -1.48. The zero-order chi connectivity index (χ0) is 27.6. The van der Waals surface area contributed by atoms with Crippen molar-refractivity contribution in [3.8, 4) is 28.3 Å². The van der Waals surface area contributed by atoms with Gasteiger partial charge in [0.15, 0.2) is 11.9 Å². The van der Waals surface area contributed by atoms with Crippen molar-refractivity contribution in [2.75, 3.05) is 0 Å². The van der Waals surface area contributed by atoms with E-state index in [9.17, 15) is 27.9 Å². The van der Waals surface area contributed by atoms with Crippen molar-refractivity contribution < 1.29 is 32.9 Å². The molecule has 0 saturated heterocycles. The van der Waals surface area contributed by atoms with Crippen molar-refractivity contribution in [2.45, 2.75) is 25.4 Å². The first-order valence-corrected chi connectivity index (χ1v) is 11.7. The van der Waals surface area contributed by atoms with Crippen molar-refractivity contribution in [1.82, 2.24) is 14.3 Å². The fraction of sp³-hybridized carbons (Fsp3) is 0.160. The van der Waals surface area contributed by atoms with Crippen molar-refractivity contribution in [1.29, 1.82) is 0 Å². The average Bonchev–Trinajstić information content (AvgIpc) is 3.15. The van der Waals surface area contributed by atoms with Gasteiger partial charge in [-0.15, -0.1) is 5.10 Å². The Morgan fingerprint density at radius 2 is 1.68 bits per heavy atom. The largest absolute Gasteiger partial charge is 0.511 e. The lowest BCUT2D eigenvalue weighted by atomic mass is 10.0. The van der Waals surface area contributed by atoms with Gasteiger partial charge in [0.05, 0.1) is 13.1 Å². The van der Waals surface area contributed by atoms with Crippen LogP contribution < -0.4 is 10.4 Å². The van der Waals surface area contributed by atoms with E-state index in [4.69, 9.17) is 33.0 Å². The molecule has 1 atom stereocenters. The summed E-state index contributed by atoms with van der Waals surface area (Å²) in [5.41, 5.74) is 0.677.